The minimum absolute atomic E-state index is 0.258. The van der Waals surface area contributed by atoms with Crippen molar-refractivity contribution in [2.45, 2.75) is 57.5 Å². The van der Waals surface area contributed by atoms with Gasteiger partial charge in [0.2, 0.25) is 5.91 Å². The van der Waals surface area contributed by atoms with Gasteiger partial charge < -0.3 is 9.80 Å². The number of allylic oxidation sites excluding steroid dienone is 1. The first-order chi connectivity index (χ1) is 11.8. The number of carbonyl (C=O) groups excluding carboxylic acids is 1. The average Bonchev–Trinajstić information content (AvgIpc) is 3.31. The molecule has 0 N–H and O–H groups in total. The van der Waals surface area contributed by atoms with Crippen LogP contribution in [0.4, 0.5) is 0 Å². The van der Waals surface area contributed by atoms with E-state index >= 15 is 0 Å². The molecule has 0 radical (unpaired) electrons. The number of nitrogens with zero attached hydrogens (tertiary/aromatic N) is 4. The van der Waals surface area contributed by atoms with Crippen molar-refractivity contribution >= 4 is 5.91 Å². The Morgan fingerprint density at radius 1 is 1.21 bits per heavy atom. The van der Waals surface area contributed by atoms with E-state index in [0.29, 0.717) is 12.6 Å². The molecular formula is C19H28N4O. The summed E-state index contributed by atoms with van der Waals surface area (Å²) in [5, 5.41) is 4.54. The number of rotatable bonds is 4. The van der Waals surface area contributed by atoms with Gasteiger partial charge in [-0.15, -0.1) is 0 Å². The Morgan fingerprint density at radius 2 is 2.08 bits per heavy atom. The molecule has 1 unspecified atom stereocenters. The molecule has 1 aromatic heterocycles. The highest BCUT2D eigenvalue weighted by atomic mass is 16.2. The van der Waals surface area contributed by atoms with Crippen molar-refractivity contribution in [3.63, 3.8) is 0 Å². The number of carbonyl (C=O) groups is 1. The zero-order valence-electron chi connectivity index (χ0n) is 14.5. The van der Waals surface area contributed by atoms with E-state index < -0.39 is 0 Å². The SMILES string of the molecule is O=C(C1=CCCCC1)N1Cc2ccnn2C(CCN2CCCC2)C1. The quantitative estimate of drug-likeness (QED) is 0.853. The molecule has 3 aliphatic rings. The van der Waals surface area contributed by atoms with Crippen LogP contribution in [-0.4, -0.2) is 51.7 Å². The normalized spacial score (nSPS) is 24.8. The molecule has 0 spiro atoms. The summed E-state index contributed by atoms with van der Waals surface area (Å²) >= 11 is 0. The fourth-order valence-electron chi connectivity index (χ4n) is 4.33. The molecule has 1 aliphatic carbocycles. The highest BCUT2D eigenvalue weighted by Gasteiger charge is 2.30. The van der Waals surface area contributed by atoms with Crippen LogP contribution >= 0.6 is 0 Å². The Hall–Kier alpha value is -1.62. The second-order valence-corrected chi connectivity index (χ2v) is 7.42. The summed E-state index contributed by atoms with van der Waals surface area (Å²) in [5.41, 5.74) is 2.21. The molecule has 2 aliphatic heterocycles. The van der Waals surface area contributed by atoms with Gasteiger partial charge in [0.05, 0.1) is 18.3 Å². The molecule has 1 saturated heterocycles. The first kappa shape index (κ1) is 15.9. The molecule has 1 aromatic rings. The first-order valence-corrected chi connectivity index (χ1v) is 9.54. The highest BCUT2D eigenvalue weighted by Crippen LogP contribution is 2.27. The van der Waals surface area contributed by atoms with E-state index in [4.69, 9.17) is 0 Å². The molecular weight excluding hydrogens is 300 g/mol. The Balaban J connectivity index is 1.45. The lowest BCUT2D eigenvalue weighted by molar-refractivity contribution is -0.129. The predicted molar refractivity (Wildman–Crippen MR) is 93.5 cm³/mol. The van der Waals surface area contributed by atoms with Gasteiger partial charge in [-0.2, -0.15) is 5.10 Å². The Bertz CT molecular complexity index is 615. The van der Waals surface area contributed by atoms with Crippen LogP contribution in [0, 0.1) is 0 Å². The van der Waals surface area contributed by atoms with Gasteiger partial charge in [-0.05, 0) is 64.1 Å². The molecule has 5 heteroatoms. The maximum absolute atomic E-state index is 12.9. The first-order valence-electron chi connectivity index (χ1n) is 9.54. The lowest BCUT2D eigenvalue weighted by atomic mass is 9.98. The summed E-state index contributed by atoms with van der Waals surface area (Å²) in [5.74, 6) is 0.258. The highest BCUT2D eigenvalue weighted by molar-refractivity contribution is 5.93. The zero-order valence-corrected chi connectivity index (χ0v) is 14.5. The molecule has 1 fully saturated rings. The summed E-state index contributed by atoms with van der Waals surface area (Å²) in [6.45, 7) is 5.09. The molecule has 3 heterocycles. The monoisotopic (exact) mass is 328 g/mol. The maximum Gasteiger partial charge on any atom is 0.249 e. The number of hydrogen-bond acceptors (Lipinski definition) is 3. The largest absolute Gasteiger partial charge is 0.331 e. The van der Waals surface area contributed by atoms with Crippen LogP contribution in [0.25, 0.3) is 0 Å². The molecule has 0 aromatic carbocycles. The molecule has 24 heavy (non-hydrogen) atoms. The van der Waals surface area contributed by atoms with Gasteiger partial charge in [0.15, 0.2) is 0 Å². The molecule has 130 valence electrons. The van der Waals surface area contributed by atoms with Crippen LogP contribution in [0.15, 0.2) is 23.9 Å². The number of aromatic nitrogens is 2. The Labute approximate surface area is 144 Å². The van der Waals surface area contributed by atoms with Crippen molar-refractivity contribution in [2.75, 3.05) is 26.2 Å². The van der Waals surface area contributed by atoms with Crippen LogP contribution < -0.4 is 0 Å². The molecule has 0 saturated carbocycles. The molecule has 1 amide bonds. The molecule has 5 nitrogen and oxygen atoms in total. The summed E-state index contributed by atoms with van der Waals surface area (Å²) < 4.78 is 2.16. The number of likely N-dealkylation sites (tertiary alicyclic amines) is 1. The fourth-order valence-corrected chi connectivity index (χ4v) is 4.33. The van der Waals surface area contributed by atoms with Crippen LogP contribution in [0.3, 0.4) is 0 Å². The summed E-state index contributed by atoms with van der Waals surface area (Å²) in [6, 6.07) is 2.38. The average molecular weight is 328 g/mol. The van der Waals surface area contributed by atoms with E-state index in [2.05, 4.69) is 31.7 Å². The Kier molecular flexibility index (Phi) is 4.69. The van der Waals surface area contributed by atoms with Crippen molar-refractivity contribution in [1.29, 1.82) is 0 Å². The van der Waals surface area contributed by atoms with Gasteiger partial charge in [-0.25, -0.2) is 0 Å². The standard InChI is InChI=1S/C19H28N4O/c24-19(16-6-2-1-3-7-16)22-14-17-8-10-20-23(17)18(15-22)9-13-21-11-4-5-12-21/h6,8,10,18H,1-5,7,9,11-15H2. The predicted octanol–water partition coefficient (Wildman–Crippen LogP) is 2.75. The van der Waals surface area contributed by atoms with Crippen molar-refractivity contribution in [3.8, 4) is 0 Å². The summed E-state index contributed by atoms with van der Waals surface area (Å²) in [7, 11) is 0. The van der Waals surface area contributed by atoms with Gasteiger partial charge in [-0.3, -0.25) is 9.48 Å². The van der Waals surface area contributed by atoms with Crippen molar-refractivity contribution in [2.24, 2.45) is 0 Å². The van der Waals surface area contributed by atoms with Crippen LogP contribution in [0.2, 0.25) is 0 Å². The Morgan fingerprint density at radius 3 is 2.88 bits per heavy atom. The van der Waals surface area contributed by atoms with E-state index in [9.17, 15) is 4.79 Å². The summed E-state index contributed by atoms with van der Waals surface area (Å²) in [4.78, 5) is 17.5. The van der Waals surface area contributed by atoms with E-state index in [1.807, 2.05) is 6.20 Å². The van der Waals surface area contributed by atoms with Gasteiger partial charge in [0, 0.05) is 24.9 Å². The van der Waals surface area contributed by atoms with E-state index in [-0.39, 0.29) is 5.91 Å². The second kappa shape index (κ2) is 7.09. The van der Waals surface area contributed by atoms with Crippen molar-refractivity contribution in [3.05, 3.63) is 29.6 Å². The fraction of sp³-hybridized carbons (Fsp3) is 0.684. The minimum Gasteiger partial charge on any atom is -0.331 e. The van der Waals surface area contributed by atoms with Crippen molar-refractivity contribution in [1.82, 2.24) is 19.6 Å². The van der Waals surface area contributed by atoms with Crippen molar-refractivity contribution < 1.29 is 4.79 Å². The topological polar surface area (TPSA) is 41.4 Å². The smallest absolute Gasteiger partial charge is 0.249 e. The van der Waals surface area contributed by atoms with Gasteiger partial charge in [0.25, 0.3) is 0 Å². The van der Waals surface area contributed by atoms with Gasteiger partial charge in [-0.1, -0.05) is 6.08 Å². The van der Waals surface area contributed by atoms with Crippen LogP contribution in [-0.2, 0) is 11.3 Å². The van der Waals surface area contributed by atoms with E-state index in [0.717, 1.165) is 44.3 Å². The zero-order chi connectivity index (χ0) is 16.4. The molecule has 0 bridgehead atoms. The number of fused-ring (bicyclic) bond motifs is 1. The van der Waals surface area contributed by atoms with E-state index in [1.54, 1.807) is 0 Å². The third-order valence-corrected chi connectivity index (χ3v) is 5.71. The van der Waals surface area contributed by atoms with Gasteiger partial charge in [0.1, 0.15) is 0 Å². The third kappa shape index (κ3) is 3.27. The van der Waals surface area contributed by atoms with Gasteiger partial charge >= 0.3 is 0 Å². The number of hydrogen-bond donors (Lipinski definition) is 0. The lowest BCUT2D eigenvalue weighted by Gasteiger charge is -2.35. The van der Waals surface area contributed by atoms with Crippen LogP contribution in [0.5, 0.6) is 0 Å². The molecule has 4 rings (SSSR count). The summed E-state index contributed by atoms with van der Waals surface area (Å²) in [6.07, 6.45) is 12.2. The molecule has 1 atom stereocenters. The lowest BCUT2D eigenvalue weighted by Crippen LogP contribution is -2.43. The van der Waals surface area contributed by atoms with Crippen LogP contribution in [0.1, 0.15) is 56.7 Å². The minimum atomic E-state index is 0.258. The van der Waals surface area contributed by atoms with E-state index in [1.165, 1.54) is 38.0 Å². The second-order valence-electron chi connectivity index (χ2n) is 7.42. The maximum atomic E-state index is 12.9. The number of amides is 1. The third-order valence-electron chi connectivity index (χ3n) is 5.71.